The number of hydrogen-bond acceptors (Lipinski definition) is 3. The molecule has 0 saturated carbocycles. The first-order valence-electron chi connectivity index (χ1n) is 7.10. The quantitative estimate of drug-likeness (QED) is 0.682. The maximum atomic E-state index is 12.5. The first-order valence-corrected chi connectivity index (χ1v) is 8.73. The largest absolute Gasteiger partial charge is 0.495 e. The van der Waals surface area contributed by atoms with Crippen LogP contribution in [-0.2, 0) is 4.79 Å². The van der Waals surface area contributed by atoms with Crippen molar-refractivity contribution in [1.82, 2.24) is 0 Å². The van der Waals surface area contributed by atoms with Gasteiger partial charge in [-0.25, -0.2) is 0 Å². The summed E-state index contributed by atoms with van der Waals surface area (Å²) in [5.74, 6) is 0.488. The van der Waals surface area contributed by atoms with E-state index in [-0.39, 0.29) is 11.2 Å². The highest BCUT2D eigenvalue weighted by Crippen LogP contribution is 2.31. The topological polar surface area (TPSA) is 38.3 Å². The van der Waals surface area contributed by atoms with Gasteiger partial charge in [0.2, 0.25) is 5.91 Å². The van der Waals surface area contributed by atoms with Crippen LogP contribution in [0.3, 0.4) is 0 Å². The molecule has 0 heterocycles. The van der Waals surface area contributed by atoms with Crippen LogP contribution in [0.15, 0.2) is 47.4 Å². The minimum absolute atomic E-state index is 0.0898. The zero-order valence-electron chi connectivity index (χ0n) is 12.8. The van der Waals surface area contributed by atoms with Crippen molar-refractivity contribution >= 4 is 46.6 Å². The molecule has 0 radical (unpaired) electrons. The summed E-state index contributed by atoms with van der Waals surface area (Å²) in [5, 5.41) is 3.88. The van der Waals surface area contributed by atoms with Gasteiger partial charge in [0.15, 0.2) is 0 Å². The first kappa shape index (κ1) is 18.0. The van der Waals surface area contributed by atoms with E-state index in [1.54, 1.807) is 25.3 Å². The molecule has 2 aromatic carbocycles. The molecule has 0 spiro atoms. The number of carbonyl (C=O) groups is 1. The molecule has 2 aromatic rings. The third-order valence-electron chi connectivity index (χ3n) is 3.17. The molecule has 1 N–H and O–H groups in total. The summed E-state index contributed by atoms with van der Waals surface area (Å²) in [6.45, 7) is 1.97. The van der Waals surface area contributed by atoms with Crippen molar-refractivity contribution in [3.8, 4) is 5.75 Å². The second-order valence-corrected chi connectivity index (χ2v) is 6.95. The average molecular weight is 370 g/mol. The lowest BCUT2D eigenvalue weighted by atomic mass is 10.2. The molecule has 1 amide bonds. The number of rotatable bonds is 6. The van der Waals surface area contributed by atoms with Crippen molar-refractivity contribution in [2.45, 2.75) is 23.5 Å². The van der Waals surface area contributed by atoms with Crippen LogP contribution < -0.4 is 10.1 Å². The second-order valence-electron chi connectivity index (χ2n) is 4.80. The third-order valence-corrected chi connectivity index (χ3v) is 5.04. The Hall–Kier alpha value is -1.36. The molecule has 0 aliphatic heterocycles. The molecule has 2 rings (SSSR count). The fraction of sp³-hybridized carbons (Fsp3) is 0.235. The van der Waals surface area contributed by atoms with Crippen molar-refractivity contribution in [3.63, 3.8) is 0 Å². The summed E-state index contributed by atoms with van der Waals surface area (Å²) < 4.78 is 5.25. The normalized spacial score (nSPS) is 11.8. The maximum Gasteiger partial charge on any atom is 0.237 e. The number of methoxy groups -OCH3 is 1. The summed E-state index contributed by atoms with van der Waals surface area (Å²) in [7, 11) is 1.55. The number of anilines is 1. The number of hydrogen-bond donors (Lipinski definition) is 1. The number of carbonyl (C=O) groups excluding carboxylic acids is 1. The highest BCUT2D eigenvalue weighted by molar-refractivity contribution is 8.00. The smallest absolute Gasteiger partial charge is 0.237 e. The van der Waals surface area contributed by atoms with E-state index >= 15 is 0 Å². The van der Waals surface area contributed by atoms with Crippen molar-refractivity contribution in [2.75, 3.05) is 12.4 Å². The molecule has 1 atom stereocenters. The van der Waals surface area contributed by atoms with Crippen LogP contribution >= 0.6 is 35.0 Å². The van der Waals surface area contributed by atoms with Gasteiger partial charge in [0.1, 0.15) is 5.75 Å². The van der Waals surface area contributed by atoms with E-state index in [0.717, 1.165) is 4.90 Å². The zero-order valence-corrected chi connectivity index (χ0v) is 15.1. The number of halogens is 2. The highest BCUT2D eigenvalue weighted by Gasteiger charge is 2.19. The van der Waals surface area contributed by atoms with E-state index in [1.165, 1.54) is 11.8 Å². The number of ether oxygens (including phenoxy) is 1. The fourth-order valence-corrected chi connectivity index (χ4v) is 3.24. The molecule has 6 heteroatoms. The molecular formula is C17H17Cl2NO2S. The molecule has 0 bridgehead atoms. The van der Waals surface area contributed by atoms with Gasteiger partial charge < -0.3 is 10.1 Å². The van der Waals surface area contributed by atoms with Gasteiger partial charge in [-0.15, -0.1) is 11.8 Å². The lowest BCUT2D eigenvalue weighted by Crippen LogP contribution is -2.24. The lowest BCUT2D eigenvalue weighted by molar-refractivity contribution is -0.115. The van der Waals surface area contributed by atoms with E-state index < -0.39 is 0 Å². The Bertz CT molecular complexity index is 677. The molecule has 0 saturated heterocycles. The standard InChI is InChI=1S/C17H17Cl2NO2S/c1-3-16(23-13-7-4-11(18)5-8-13)17(21)20-14-10-12(19)6-9-15(14)22-2/h4-10,16H,3H2,1-2H3,(H,20,21)/t16-/m0/s1. The summed E-state index contributed by atoms with van der Waals surface area (Å²) in [4.78, 5) is 13.5. The Balaban J connectivity index is 2.11. The summed E-state index contributed by atoms with van der Waals surface area (Å²) >= 11 is 13.4. The number of benzene rings is 2. The molecule has 0 unspecified atom stereocenters. The predicted molar refractivity (Wildman–Crippen MR) is 98.0 cm³/mol. The van der Waals surface area contributed by atoms with Crippen molar-refractivity contribution in [3.05, 3.63) is 52.5 Å². The third kappa shape index (κ3) is 5.06. The Kier molecular flexibility index (Phi) is 6.63. The molecule has 3 nitrogen and oxygen atoms in total. The average Bonchev–Trinajstić information content (AvgIpc) is 2.54. The molecule has 0 aliphatic rings. The van der Waals surface area contributed by atoms with Gasteiger partial charge in [-0.05, 0) is 48.9 Å². The molecule has 0 fully saturated rings. The van der Waals surface area contributed by atoms with Crippen molar-refractivity contribution in [2.24, 2.45) is 0 Å². The van der Waals surface area contributed by atoms with Crippen LogP contribution in [0, 0.1) is 0 Å². The van der Waals surface area contributed by atoms with Crippen molar-refractivity contribution in [1.29, 1.82) is 0 Å². The van der Waals surface area contributed by atoms with E-state index in [1.807, 2.05) is 31.2 Å². The minimum Gasteiger partial charge on any atom is -0.495 e. The molecule has 0 aromatic heterocycles. The van der Waals surface area contributed by atoms with Crippen LogP contribution in [0.1, 0.15) is 13.3 Å². The monoisotopic (exact) mass is 369 g/mol. The Morgan fingerprint density at radius 3 is 2.43 bits per heavy atom. The van der Waals surface area contributed by atoms with Gasteiger partial charge in [-0.2, -0.15) is 0 Å². The summed E-state index contributed by atoms with van der Waals surface area (Å²) in [5.41, 5.74) is 0.570. The molecular weight excluding hydrogens is 353 g/mol. The van der Waals surface area contributed by atoms with Gasteiger partial charge in [-0.1, -0.05) is 30.1 Å². The Labute approximate surface area is 150 Å². The van der Waals surface area contributed by atoms with E-state index in [4.69, 9.17) is 27.9 Å². The number of thioether (sulfide) groups is 1. The summed E-state index contributed by atoms with van der Waals surface area (Å²) in [6.07, 6.45) is 0.696. The molecule has 0 aliphatic carbocycles. The summed E-state index contributed by atoms with van der Waals surface area (Å²) in [6, 6.07) is 12.6. The van der Waals surface area contributed by atoms with Gasteiger partial charge in [-0.3, -0.25) is 4.79 Å². The minimum atomic E-state index is -0.222. The fourth-order valence-electron chi connectivity index (χ4n) is 1.99. The van der Waals surface area contributed by atoms with E-state index in [9.17, 15) is 4.79 Å². The number of nitrogens with one attached hydrogen (secondary N) is 1. The van der Waals surface area contributed by atoms with E-state index in [2.05, 4.69) is 5.32 Å². The lowest BCUT2D eigenvalue weighted by Gasteiger charge is -2.16. The van der Waals surface area contributed by atoms with Crippen LogP contribution in [-0.4, -0.2) is 18.3 Å². The van der Waals surface area contributed by atoms with Crippen LogP contribution in [0.4, 0.5) is 5.69 Å². The molecule has 23 heavy (non-hydrogen) atoms. The van der Waals surface area contributed by atoms with E-state index in [0.29, 0.717) is 27.9 Å². The Morgan fingerprint density at radius 2 is 1.83 bits per heavy atom. The maximum absolute atomic E-state index is 12.5. The SMILES string of the molecule is CC[C@H](Sc1ccc(Cl)cc1)C(=O)Nc1cc(Cl)ccc1OC. The van der Waals surface area contributed by atoms with Crippen molar-refractivity contribution < 1.29 is 9.53 Å². The van der Waals surface area contributed by atoms with Gasteiger partial charge >= 0.3 is 0 Å². The zero-order chi connectivity index (χ0) is 16.8. The Morgan fingerprint density at radius 1 is 1.17 bits per heavy atom. The van der Waals surface area contributed by atoms with Crippen LogP contribution in [0.2, 0.25) is 10.0 Å². The predicted octanol–water partition coefficient (Wildman–Crippen LogP) is 5.51. The first-order chi connectivity index (χ1) is 11.0. The van der Waals surface area contributed by atoms with Crippen LogP contribution in [0.25, 0.3) is 0 Å². The van der Waals surface area contributed by atoms with Gasteiger partial charge in [0.05, 0.1) is 18.0 Å². The molecule has 122 valence electrons. The van der Waals surface area contributed by atoms with Crippen LogP contribution in [0.5, 0.6) is 5.75 Å². The second kappa shape index (κ2) is 8.48. The van der Waals surface area contributed by atoms with Gasteiger partial charge in [0, 0.05) is 14.9 Å². The highest BCUT2D eigenvalue weighted by atomic mass is 35.5. The number of amides is 1. The van der Waals surface area contributed by atoms with Gasteiger partial charge in [0.25, 0.3) is 0 Å².